The van der Waals surface area contributed by atoms with E-state index in [2.05, 4.69) is 11.9 Å². The van der Waals surface area contributed by atoms with Crippen LogP contribution in [0.15, 0.2) is 18.3 Å². The first-order valence-corrected chi connectivity index (χ1v) is 9.71. The molecule has 0 aromatic carbocycles. The van der Waals surface area contributed by atoms with Gasteiger partial charge in [-0.15, -0.1) is 0 Å². The summed E-state index contributed by atoms with van der Waals surface area (Å²) in [6.07, 6.45) is 9.97. The molecule has 0 aliphatic heterocycles. The van der Waals surface area contributed by atoms with Crippen LogP contribution in [0.5, 0.6) is 11.6 Å². The maximum absolute atomic E-state index is 11.2. The van der Waals surface area contributed by atoms with E-state index in [0.29, 0.717) is 23.7 Å². The molecule has 0 bridgehead atoms. The summed E-state index contributed by atoms with van der Waals surface area (Å²) in [5.74, 6) is 3.08. The zero-order chi connectivity index (χ0) is 18.2. The molecule has 1 unspecified atom stereocenters. The van der Waals surface area contributed by atoms with Crippen molar-refractivity contribution >= 4 is 5.78 Å². The van der Waals surface area contributed by atoms with E-state index in [0.717, 1.165) is 37.4 Å². The van der Waals surface area contributed by atoms with Gasteiger partial charge in [0.25, 0.3) is 0 Å². The molecule has 4 heteroatoms. The number of pyridine rings is 1. The molecule has 0 N–H and O–H groups in total. The van der Waals surface area contributed by atoms with Gasteiger partial charge in [-0.3, -0.25) is 0 Å². The van der Waals surface area contributed by atoms with Crippen molar-refractivity contribution < 1.29 is 14.3 Å². The third kappa shape index (κ3) is 7.45. The molecule has 4 nitrogen and oxygen atoms in total. The molecule has 25 heavy (non-hydrogen) atoms. The highest BCUT2D eigenvalue weighted by Crippen LogP contribution is 2.31. The Balaban J connectivity index is 1.69. The molecule has 1 fully saturated rings. The van der Waals surface area contributed by atoms with Gasteiger partial charge in [-0.1, -0.05) is 19.8 Å². The van der Waals surface area contributed by atoms with Crippen LogP contribution in [0.3, 0.4) is 0 Å². The van der Waals surface area contributed by atoms with E-state index >= 15 is 0 Å². The number of carbonyl (C=O) groups is 1. The van der Waals surface area contributed by atoms with Crippen molar-refractivity contribution in [3.63, 3.8) is 0 Å². The van der Waals surface area contributed by atoms with Crippen LogP contribution in [0.1, 0.15) is 72.6 Å². The van der Waals surface area contributed by atoms with E-state index in [1.165, 1.54) is 19.3 Å². The van der Waals surface area contributed by atoms with Gasteiger partial charge in [-0.25, -0.2) is 4.98 Å². The molecule has 0 saturated heterocycles. The standard InChI is InChI=1S/C21H33NO3/c1-15(2)24-21-12-11-20(14-22-21)25-19-9-7-18(8-10-19)6-5-16(3)13-17(4)23/h11-12,14-16,18-19H,5-10,13H2,1-4H3. The fraction of sp³-hybridized carbons (Fsp3) is 0.714. The van der Waals surface area contributed by atoms with E-state index < -0.39 is 0 Å². The number of hydrogen-bond acceptors (Lipinski definition) is 4. The van der Waals surface area contributed by atoms with Crippen molar-refractivity contribution in [1.29, 1.82) is 0 Å². The molecule has 0 radical (unpaired) electrons. The average molecular weight is 347 g/mol. The van der Waals surface area contributed by atoms with Crippen LogP contribution >= 0.6 is 0 Å². The quantitative estimate of drug-likeness (QED) is 0.616. The summed E-state index contributed by atoms with van der Waals surface area (Å²) >= 11 is 0. The number of aromatic nitrogens is 1. The molecule has 2 rings (SSSR count). The highest BCUT2D eigenvalue weighted by molar-refractivity contribution is 5.75. The number of carbonyl (C=O) groups excluding carboxylic acids is 1. The van der Waals surface area contributed by atoms with Gasteiger partial charge in [-0.2, -0.15) is 0 Å². The first-order chi connectivity index (χ1) is 11.9. The van der Waals surface area contributed by atoms with Gasteiger partial charge < -0.3 is 14.3 Å². The molecular weight excluding hydrogens is 314 g/mol. The van der Waals surface area contributed by atoms with Crippen LogP contribution in [0.25, 0.3) is 0 Å². The van der Waals surface area contributed by atoms with Gasteiger partial charge in [0.1, 0.15) is 11.5 Å². The van der Waals surface area contributed by atoms with Crippen LogP contribution in [0.2, 0.25) is 0 Å². The second-order valence-electron chi connectivity index (χ2n) is 7.85. The Morgan fingerprint density at radius 2 is 1.92 bits per heavy atom. The first kappa shape index (κ1) is 19.7. The molecule has 1 saturated carbocycles. The van der Waals surface area contributed by atoms with Gasteiger partial charge in [0, 0.05) is 12.5 Å². The molecule has 0 spiro atoms. The van der Waals surface area contributed by atoms with Crippen LogP contribution in [0, 0.1) is 11.8 Å². The molecule has 1 aromatic heterocycles. The lowest BCUT2D eigenvalue weighted by atomic mass is 9.82. The maximum Gasteiger partial charge on any atom is 0.213 e. The molecular formula is C21H33NO3. The average Bonchev–Trinajstić information content (AvgIpc) is 2.55. The predicted octanol–water partition coefficient (Wildman–Crippen LogP) is 5.20. The van der Waals surface area contributed by atoms with Crippen molar-refractivity contribution in [3.8, 4) is 11.6 Å². The number of nitrogens with zero attached hydrogens (tertiary/aromatic N) is 1. The zero-order valence-corrected chi connectivity index (χ0v) is 16.2. The topological polar surface area (TPSA) is 48.4 Å². The Kier molecular flexibility index (Phi) is 7.73. The van der Waals surface area contributed by atoms with Crippen LogP contribution in [-0.2, 0) is 4.79 Å². The van der Waals surface area contributed by atoms with Gasteiger partial charge in [0.2, 0.25) is 5.88 Å². The highest BCUT2D eigenvalue weighted by atomic mass is 16.5. The van der Waals surface area contributed by atoms with E-state index in [9.17, 15) is 4.79 Å². The van der Waals surface area contributed by atoms with Gasteiger partial charge >= 0.3 is 0 Å². The largest absolute Gasteiger partial charge is 0.489 e. The summed E-state index contributed by atoms with van der Waals surface area (Å²) in [6.45, 7) is 7.86. The lowest BCUT2D eigenvalue weighted by Gasteiger charge is -2.29. The van der Waals surface area contributed by atoms with Gasteiger partial charge in [0.05, 0.1) is 18.4 Å². The zero-order valence-electron chi connectivity index (χ0n) is 16.2. The van der Waals surface area contributed by atoms with Crippen molar-refractivity contribution in [2.45, 2.75) is 84.8 Å². The lowest BCUT2D eigenvalue weighted by molar-refractivity contribution is -0.117. The highest BCUT2D eigenvalue weighted by Gasteiger charge is 2.23. The van der Waals surface area contributed by atoms with E-state index in [4.69, 9.17) is 9.47 Å². The molecule has 140 valence electrons. The SMILES string of the molecule is CC(=O)CC(C)CCC1CCC(Oc2ccc(OC(C)C)nc2)CC1. The van der Waals surface area contributed by atoms with Crippen LogP contribution in [-0.4, -0.2) is 23.0 Å². The summed E-state index contributed by atoms with van der Waals surface area (Å²) in [6, 6.07) is 3.82. The van der Waals surface area contributed by atoms with E-state index in [-0.39, 0.29) is 6.10 Å². The third-order valence-corrected chi connectivity index (χ3v) is 4.87. The lowest BCUT2D eigenvalue weighted by Crippen LogP contribution is -2.24. The molecule has 1 aliphatic rings. The molecule has 0 amide bonds. The van der Waals surface area contributed by atoms with Crippen molar-refractivity contribution in [2.75, 3.05) is 0 Å². The Morgan fingerprint density at radius 1 is 1.20 bits per heavy atom. The number of ether oxygens (including phenoxy) is 2. The Hall–Kier alpha value is -1.58. The second kappa shape index (κ2) is 9.79. The number of Topliss-reactive ketones (excluding diaryl/α,β-unsaturated/α-hetero) is 1. The monoisotopic (exact) mass is 347 g/mol. The predicted molar refractivity (Wildman–Crippen MR) is 100 cm³/mol. The maximum atomic E-state index is 11.2. The minimum absolute atomic E-state index is 0.132. The molecule has 1 atom stereocenters. The summed E-state index contributed by atoms with van der Waals surface area (Å²) in [5.41, 5.74) is 0. The Bertz CT molecular complexity index is 518. The Labute approximate surface area is 152 Å². The van der Waals surface area contributed by atoms with Crippen molar-refractivity contribution in [2.24, 2.45) is 11.8 Å². The smallest absolute Gasteiger partial charge is 0.213 e. The fourth-order valence-corrected chi connectivity index (χ4v) is 3.59. The molecule has 1 aromatic rings. The molecule has 1 aliphatic carbocycles. The minimum atomic E-state index is 0.132. The fourth-order valence-electron chi connectivity index (χ4n) is 3.59. The first-order valence-electron chi connectivity index (χ1n) is 9.71. The summed E-state index contributed by atoms with van der Waals surface area (Å²) < 4.78 is 11.6. The third-order valence-electron chi connectivity index (χ3n) is 4.87. The van der Waals surface area contributed by atoms with Crippen molar-refractivity contribution in [3.05, 3.63) is 18.3 Å². The summed E-state index contributed by atoms with van der Waals surface area (Å²) in [4.78, 5) is 15.5. The molecule has 1 heterocycles. The van der Waals surface area contributed by atoms with Crippen molar-refractivity contribution in [1.82, 2.24) is 4.98 Å². The van der Waals surface area contributed by atoms with E-state index in [1.807, 2.05) is 26.0 Å². The number of rotatable bonds is 9. The summed E-state index contributed by atoms with van der Waals surface area (Å²) in [7, 11) is 0. The number of ketones is 1. The minimum Gasteiger partial charge on any atom is -0.489 e. The summed E-state index contributed by atoms with van der Waals surface area (Å²) in [5, 5.41) is 0. The normalized spacial score (nSPS) is 21.8. The van der Waals surface area contributed by atoms with Crippen LogP contribution in [0.4, 0.5) is 0 Å². The number of hydrogen-bond donors (Lipinski definition) is 0. The second-order valence-corrected chi connectivity index (χ2v) is 7.85. The van der Waals surface area contributed by atoms with Gasteiger partial charge in [-0.05, 0) is 64.4 Å². The Morgan fingerprint density at radius 3 is 2.48 bits per heavy atom. The van der Waals surface area contributed by atoms with E-state index in [1.54, 1.807) is 13.1 Å². The van der Waals surface area contributed by atoms with Crippen LogP contribution < -0.4 is 9.47 Å². The van der Waals surface area contributed by atoms with Gasteiger partial charge in [0.15, 0.2) is 0 Å².